The third kappa shape index (κ3) is 3.60. The van der Waals surface area contributed by atoms with Crippen molar-refractivity contribution in [3.05, 3.63) is 23.8 Å². The van der Waals surface area contributed by atoms with Gasteiger partial charge in [-0.3, -0.25) is 9.59 Å². The molecule has 6 heteroatoms. The van der Waals surface area contributed by atoms with E-state index in [0.29, 0.717) is 6.42 Å². The van der Waals surface area contributed by atoms with Gasteiger partial charge in [0.05, 0.1) is 11.2 Å². The van der Waals surface area contributed by atoms with Crippen molar-refractivity contribution in [3.63, 3.8) is 0 Å². The Hall–Kier alpha value is -1.79. The molecule has 4 bridgehead atoms. The first-order valence-corrected chi connectivity index (χ1v) is 8.65. The van der Waals surface area contributed by atoms with Gasteiger partial charge in [0, 0.05) is 25.7 Å². The topological polar surface area (TPSA) is 89.9 Å². The molecule has 0 spiro atoms. The number of aliphatic hydroxyl groups excluding tert-OH is 1. The zero-order chi connectivity index (χ0) is 18.4. The molecule has 0 amide bonds. The summed E-state index contributed by atoms with van der Waals surface area (Å²) in [6, 6.07) is 0. The van der Waals surface area contributed by atoms with Crippen LogP contribution in [0.1, 0.15) is 46.0 Å². The summed E-state index contributed by atoms with van der Waals surface area (Å²) in [6.07, 6.45) is 0.187. The minimum atomic E-state index is -1.05. The van der Waals surface area contributed by atoms with Crippen molar-refractivity contribution in [3.8, 4) is 0 Å². The summed E-state index contributed by atoms with van der Waals surface area (Å²) in [5.41, 5.74) is 0.194. The van der Waals surface area contributed by atoms with E-state index in [9.17, 15) is 19.5 Å². The molecule has 0 unspecified atom stereocenters. The average molecular weight is 348 g/mol. The van der Waals surface area contributed by atoms with Gasteiger partial charge in [-0.15, -0.1) is 0 Å². The van der Waals surface area contributed by atoms with Gasteiger partial charge in [-0.1, -0.05) is 18.2 Å². The van der Waals surface area contributed by atoms with E-state index in [1.54, 1.807) is 13.0 Å². The number of aliphatic hydroxyl groups is 1. The van der Waals surface area contributed by atoms with Crippen LogP contribution in [0.15, 0.2) is 23.8 Å². The third-order valence-corrected chi connectivity index (χ3v) is 5.34. The zero-order valence-electron chi connectivity index (χ0n) is 14.6. The molecule has 5 atom stereocenters. The molecule has 3 aliphatic rings. The molecule has 3 aliphatic heterocycles. The molecular formula is C19H24O6. The van der Waals surface area contributed by atoms with Crippen LogP contribution < -0.4 is 0 Å². The largest absolute Gasteiger partial charge is 0.456 e. The fourth-order valence-corrected chi connectivity index (χ4v) is 3.88. The van der Waals surface area contributed by atoms with Gasteiger partial charge in [-0.25, -0.2) is 4.79 Å². The van der Waals surface area contributed by atoms with Gasteiger partial charge < -0.3 is 14.6 Å². The molecule has 0 aromatic carbocycles. The molecule has 3 rings (SSSR count). The lowest BCUT2D eigenvalue weighted by molar-refractivity contribution is -0.144. The number of rotatable bonds is 1. The summed E-state index contributed by atoms with van der Waals surface area (Å²) < 4.78 is 11.2. The van der Waals surface area contributed by atoms with Crippen LogP contribution in [-0.4, -0.2) is 46.6 Å². The highest BCUT2D eigenvalue weighted by molar-refractivity contribution is 5.93. The molecule has 2 saturated heterocycles. The Morgan fingerprint density at radius 2 is 2.04 bits per heavy atom. The van der Waals surface area contributed by atoms with E-state index in [-0.39, 0.29) is 48.7 Å². The fourth-order valence-electron chi connectivity index (χ4n) is 3.88. The van der Waals surface area contributed by atoms with Crippen molar-refractivity contribution < 1.29 is 29.0 Å². The number of carbonyl (C=O) groups excluding carboxylic acids is 3. The van der Waals surface area contributed by atoms with Crippen LogP contribution in [0.25, 0.3) is 0 Å². The number of hydrogen-bond acceptors (Lipinski definition) is 6. The van der Waals surface area contributed by atoms with Crippen LogP contribution >= 0.6 is 0 Å². The highest BCUT2D eigenvalue weighted by Crippen LogP contribution is 2.38. The molecule has 3 heterocycles. The maximum absolute atomic E-state index is 12.4. The van der Waals surface area contributed by atoms with Crippen LogP contribution in [0.4, 0.5) is 0 Å². The average Bonchev–Trinajstić information content (AvgIpc) is 2.91. The van der Waals surface area contributed by atoms with Gasteiger partial charge in [0.1, 0.15) is 24.1 Å². The van der Waals surface area contributed by atoms with Crippen molar-refractivity contribution in [2.45, 2.75) is 69.9 Å². The number of Topliss-reactive ketones (excluding diaryl/α,β-unsaturated/α-hetero) is 2. The highest BCUT2D eigenvalue weighted by atomic mass is 16.6. The van der Waals surface area contributed by atoms with Crippen molar-refractivity contribution >= 4 is 17.5 Å². The Bertz CT molecular complexity index is 663. The number of fused-ring (bicyclic) bond motifs is 4. The Labute approximate surface area is 146 Å². The Morgan fingerprint density at radius 3 is 2.72 bits per heavy atom. The quantitative estimate of drug-likeness (QED) is 0.572. The molecule has 0 aromatic heterocycles. The first-order valence-electron chi connectivity index (χ1n) is 8.65. The number of hydrogen-bond donors (Lipinski definition) is 1. The van der Waals surface area contributed by atoms with Crippen LogP contribution in [0.5, 0.6) is 0 Å². The lowest BCUT2D eigenvalue weighted by atomic mass is 9.87. The highest BCUT2D eigenvalue weighted by Gasteiger charge is 2.49. The number of carbonyl (C=O) groups is 3. The predicted octanol–water partition coefficient (Wildman–Crippen LogP) is 1.65. The van der Waals surface area contributed by atoms with Crippen molar-refractivity contribution in [1.29, 1.82) is 0 Å². The van der Waals surface area contributed by atoms with Crippen molar-refractivity contribution in [2.75, 3.05) is 0 Å². The summed E-state index contributed by atoms with van der Waals surface area (Å²) in [4.78, 5) is 36.8. The second-order valence-electron chi connectivity index (χ2n) is 7.68. The van der Waals surface area contributed by atoms with Crippen LogP contribution in [0.3, 0.4) is 0 Å². The molecule has 25 heavy (non-hydrogen) atoms. The summed E-state index contributed by atoms with van der Waals surface area (Å²) in [6.45, 7) is 7.50. The minimum absolute atomic E-state index is 0.0541. The first kappa shape index (κ1) is 18.0. The van der Waals surface area contributed by atoms with Crippen LogP contribution in [0, 0.1) is 5.92 Å². The summed E-state index contributed by atoms with van der Waals surface area (Å²) in [5.74, 6) is -0.871. The second kappa shape index (κ2) is 6.50. The number of ketones is 2. The minimum Gasteiger partial charge on any atom is -0.456 e. The normalized spacial score (nSPS) is 41.2. The van der Waals surface area contributed by atoms with Gasteiger partial charge in [0.15, 0.2) is 5.78 Å². The third-order valence-electron chi connectivity index (χ3n) is 5.34. The number of esters is 1. The summed E-state index contributed by atoms with van der Waals surface area (Å²) in [7, 11) is 0. The number of allylic oxidation sites excluding steroid dienone is 2. The summed E-state index contributed by atoms with van der Waals surface area (Å²) >= 11 is 0. The van der Waals surface area contributed by atoms with Crippen molar-refractivity contribution in [1.82, 2.24) is 0 Å². The molecular weight excluding hydrogens is 324 g/mol. The van der Waals surface area contributed by atoms with Gasteiger partial charge >= 0.3 is 5.97 Å². The predicted molar refractivity (Wildman–Crippen MR) is 88.7 cm³/mol. The van der Waals surface area contributed by atoms with Gasteiger partial charge in [0.25, 0.3) is 0 Å². The van der Waals surface area contributed by atoms with Gasteiger partial charge in [-0.2, -0.15) is 0 Å². The Kier molecular flexibility index (Phi) is 4.68. The molecule has 2 fully saturated rings. The first-order chi connectivity index (χ1) is 11.7. The lowest BCUT2D eigenvalue weighted by Crippen LogP contribution is -2.35. The zero-order valence-corrected chi connectivity index (χ0v) is 14.6. The smallest absolute Gasteiger partial charge is 0.336 e. The van der Waals surface area contributed by atoms with E-state index in [4.69, 9.17) is 9.47 Å². The molecule has 0 radical (unpaired) electrons. The lowest BCUT2D eigenvalue weighted by Gasteiger charge is -2.27. The standard InChI is InChI=1S/C19H24O6/c1-10(2)11-4-5-13-17(22)16(24-18(13)23)9-19(3)8-14(21)15(25-19)7-12(20)6-11/h5,11,15-17,22H,1,4,6-9H2,2-3H3/b13-5+/t11-,15-,16+,17-,19-/m0/s1. The fraction of sp³-hybridized carbons (Fsp3) is 0.632. The van der Waals surface area contributed by atoms with E-state index in [1.807, 2.05) is 6.92 Å². The molecule has 0 saturated carbocycles. The van der Waals surface area contributed by atoms with Crippen LogP contribution in [0.2, 0.25) is 0 Å². The maximum atomic E-state index is 12.4. The Morgan fingerprint density at radius 1 is 1.32 bits per heavy atom. The van der Waals surface area contributed by atoms with E-state index < -0.39 is 29.9 Å². The van der Waals surface area contributed by atoms with E-state index in [2.05, 4.69) is 6.58 Å². The summed E-state index contributed by atoms with van der Waals surface area (Å²) in [5, 5.41) is 10.5. The molecule has 6 nitrogen and oxygen atoms in total. The molecule has 0 aliphatic carbocycles. The van der Waals surface area contributed by atoms with E-state index in [0.717, 1.165) is 5.57 Å². The maximum Gasteiger partial charge on any atom is 0.336 e. The Balaban J connectivity index is 1.94. The molecule has 0 aromatic rings. The number of ether oxygens (including phenoxy) is 2. The van der Waals surface area contributed by atoms with Gasteiger partial charge in [-0.05, 0) is 26.2 Å². The monoisotopic (exact) mass is 348 g/mol. The van der Waals surface area contributed by atoms with Crippen molar-refractivity contribution in [2.24, 2.45) is 5.92 Å². The SMILES string of the molecule is C=C(C)[C@H]1C/C=C2/C(=O)O[C@H](C[C@]3(C)CC(=O)[C@H](CC(=O)C1)O3)[C@H]2O. The van der Waals surface area contributed by atoms with Crippen LogP contribution in [-0.2, 0) is 23.9 Å². The molecule has 136 valence electrons. The van der Waals surface area contributed by atoms with E-state index in [1.165, 1.54) is 0 Å². The van der Waals surface area contributed by atoms with E-state index >= 15 is 0 Å². The second-order valence-corrected chi connectivity index (χ2v) is 7.68. The van der Waals surface area contributed by atoms with Gasteiger partial charge in [0.2, 0.25) is 0 Å². The molecule has 1 N–H and O–H groups in total.